The lowest BCUT2D eigenvalue weighted by Gasteiger charge is -2.32. The Morgan fingerprint density at radius 1 is 1.33 bits per heavy atom. The summed E-state index contributed by atoms with van der Waals surface area (Å²) in [6.45, 7) is 3.28. The van der Waals surface area contributed by atoms with Crippen LogP contribution in [-0.2, 0) is 27.9 Å². The number of ether oxygens (including phenoxy) is 2. The molecule has 1 aromatic heterocycles. The largest absolute Gasteiger partial charge is 0.382 e. The zero-order valence-electron chi connectivity index (χ0n) is 15.2. The third-order valence-electron chi connectivity index (χ3n) is 4.25. The van der Waals surface area contributed by atoms with Gasteiger partial charge in [-0.15, -0.1) is 10.2 Å². The molecule has 1 saturated heterocycles. The first-order valence-corrected chi connectivity index (χ1v) is 8.40. The molecule has 0 saturated carbocycles. The Balaban J connectivity index is 1.93. The molecule has 0 unspecified atom stereocenters. The lowest BCUT2D eigenvalue weighted by atomic mass is 9.97. The molecule has 8 heteroatoms. The number of rotatable bonds is 8. The quantitative estimate of drug-likeness (QED) is 0.632. The minimum Gasteiger partial charge on any atom is -0.382 e. The normalized spacial score (nSPS) is 18.4. The van der Waals surface area contributed by atoms with Crippen LogP contribution in [0.2, 0.25) is 0 Å². The van der Waals surface area contributed by atoms with Crippen molar-refractivity contribution in [3.05, 3.63) is 11.6 Å². The molecule has 136 valence electrons. The van der Waals surface area contributed by atoms with Crippen LogP contribution in [0, 0.1) is 0 Å². The van der Waals surface area contributed by atoms with Crippen molar-refractivity contribution >= 4 is 5.91 Å². The molecule has 1 aliphatic rings. The number of carbonyl (C=O) groups is 1. The molecule has 1 fully saturated rings. The molecule has 2 heterocycles. The van der Waals surface area contributed by atoms with Crippen LogP contribution in [0.25, 0.3) is 0 Å². The standard InChI is InChI=1S/C16H29N5O3/c1-19(2)11-14-17-18-16(20(14)3)13-6-5-7-21(10-13)15(22)12-24-9-8-23-4/h13H,5-12H2,1-4H3/t13-/m0/s1. The first kappa shape index (κ1) is 18.8. The Morgan fingerprint density at radius 2 is 2.12 bits per heavy atom. The number of piperidine rings is 1. The Labute approximate surface area is 143 Å². The third kappa shape index (κ3) is 4.99. The average Bonchev–Trinajstić information content (AvgIpc) is 2.92. The molecule has 1 aromatic rings. The van der Waals surface area contributed by atoms with E-state index in [1.807, 2.05) is 26.0 Å². The maximum Gasteiger partial charge on any atom is 0.248 e. The van der Waals surface area contributed by atoms with E-state index in [2.05, 4.69) is 19.7 Å². The van der Waals surface area contributed by atoms with E-state index < -0.39 is 0 Å². The van der Waals surface area contributed by atoms with Crippen molar-refractivity contribution in [2.75, 3.05) is 54.1 Å². The smallest absolute Gasteiger partial charge is 0.248 e. The fourth-order valence-electron chi connectivity index (χ4n) is 2.96. The van der Waals surface area contributed by atoms with E-state index in [0.29, 0.717) is 19.8 Å². The van der Waals surface area contributed by atoms with Gasteiger partial charge in [0.1, 0.15) is 18.3 Å². The first-order valence-electron chi connectivity index (χ1n) is 8.40. The van der Waals surface area contributed by atoms with E-state index in [0.717, 1.165) is 37.6 Å². The molecule has 0 aliphatic carbocycles. The maximum absolute atomic E-state index is 12.3. The van der Waals surface area contributed by atoms with Gasteiger partial charge in [-0.25, -0.2) is 0 Å². The van der Waals surface area contributed by atoms with Crippen LogP contribution in [0.4, 0.5) is 0 Å². The maximum atomic E-state index is 12.3. The van der Waals surface area contributed by atoms with Gasteiger partial charge < -0.3 is 23.8 Å². The molecule has 0 N–H and O–H groups in total. The van der Waals surface area contributed by atoms with Crippen molar-refractivity contribution in [2.24, 2.45) is 7.05 Å². The number of methoxy groups -OCH3 is 1. The molecule has 2 rings (SSSR count). The van der Waals surface area contributed by atoms with Crippen LogP contribution in [0.1, 0.15) is 30.4 Å². The van der Waals surface area contributed by atoms with Crippen LogP contribution in [0.3, 0.4) is 0 Å². The van der Waals surface area contributed by atoms with Crippen molar-refractivity contribution in [1.29, 1.82) is 0 Å². The summed E-state index contributed by atoms with van der Waals surface area (Å²) < 4.78 is 12.3. The lowest BCUT2D eigenvalue weighted by Crippen LogP contribution is -2.41. The molecule has 1 aliphatic heterocycles. The summed E-state index contributed by atoms with van der Waals surface area (Å²) >= 11 is 0. The fraction of sp³-hybridized carbons (Fsp3) is 0.812. The van der Waals surface area contributed by atoms with Gasteiger partial charge in [0.25, 0.3) is 0 Å². The second kappa shape index (κ2) is 9.10. The van der Waals surface area contributed by atoms with Crippen molar-refractivity contribution in [3.63, 3.8) is 0 Å². The molecule has 1 amide bonds. The van der Waals surface area contributed by atoms with Gasteiger partial charge in [0.05, 0.1) is 19.8 Å². The molecule has 0 spiro atoms. The van der Waals surface area contributed by atoms with Crippen LogP contribution in [0.5, 0.6) is 0 Å². The van der Waals surface area contributed by atoms with Gasteiger partial charge >= 0.3 is 0 Å². The number of hydrogen-bond acceptors (Lipinski definition) is 6. The molecule has 0 radical (unpaired) electrons. The van der Waals surface area contributed by atoms with Crippen LogP contribution < -0.4 is 0 Å². The average molecular weight is 339 g/mol. The number of aromatic nitrogens is 3. The predicted octanol–water partition coefficient (Wildman–Crippen LogP) is 0.246. The topological polar surface area (TPSA) is 72.7 Å². The second-order valence-corrected chi connectivity index (χ2v) is 6.50. The molecular weight excluding hydrogens is 310 g/mol. The summed E-state index contributed by atoms with van der Waals surface area (Å²) in [6.07, 6.45) is 2.01. The highest BCUT2D eigenvalue weighted by Gasteiger charge is 2.28. The Morgan fingerprint density at radius 3 is 2.83 bits per heavy atom. The van der Waals surface area contributed by atoms with E-state index >= 15 is 0 Å². The summed E-state index contributed by atoms with van der Waals surface area (Å²) in [6, 6.07) is 0. The molecule has 8 nitrogen and oxygen atoms in total. The lowest BCUT2D eigenvalue weighted by molar-refractivity contribution is -0.137. The molecule has 0 bridgehead atoms. The fourth-order valence-corrected chi connectivity index (χ4v) is 2.96. The van der Waals surface area contributed by atoms with Gasteiger partial charge in [-0.05, 0) is 26.9 Å². The molecule has 0 aromatic carbocycles. The van der Waals surface area contributed by atoms with Gasteiger partial charge in [-0.3, -0.25) is 4.79 Å². The van der Waals surface area contributed by atoms with E-state index in [9.17, 15) is 4.79 Å². The van der Waals surface area contributed by atoms with E-state index in [4.69, 9.17) is 9.47 Å². The zero-order valence-corrected chi connectivity index (χ0v) is 15.2. The highest BCUT2D eigenvalue weighted by molar-refractivity contribution is 5.77. The Bertz CT molecular complexity index is 532. The monoisotopic (exact) mass is 339 g/mol. The van der Waals surface area contributed by atoms with Gasteiger partial charge in [0, 0.05) is 33.2 Å². The van der Waals surface area contributed by atoms with Crippen molar-refractivity contribution in [3.8, 4) is 0 Å². The number of hydrogen-bond donors (Lipinski definition) is 0. The Hall–Kier alpha value is -1.51. The molecular formula is C16H29N5O3. The molecule has 1 atom stereocenters. The summed E-state index contributed by atoms with van der Waals surface area (Å²) in [7, 11) is 7.65. The van der Waals surface area contributed by atoms with Gasteiger partial charge in [0.15, 0.2) is 0 Å². The van der Waals surface area contributed by atoms with E-state index in [1.54, 1.807) is 7.11 Å². The van der Waals surface area contributed by atoms with Crippen LogP contribution in [-0.4, -0.2) is 84.6 Å². The second-order valence-electron chi connectivity index (χ2n) is 6.50. The van der Waals surface area contributed by atoms with Crippen LogP contribution in [0.15, 0.2) is 0 Å². The third-order valence-corrected chi connectivity index (χ3v) is 4.25. The number of likely N-dealkylation sites (tertiary alicyclic amines) is 1. The number of carbonyl (C=O) groups excluding carboxylic acids is 1. The number of amides is 1. The predicted molar refractivity (Wildman–Crippen MR) is 89.6 cm³/mol. The summed E-state index contributed by atoms with van der Waals surface area (Å²) in [4.78, 5) is 16.2. The summed E-state index contributed by atoms with van der Waals surface area (Å²) in [5.74, 6) is 2.17. The van der Waals surface area contributed by atoms with Crippen LogP contribution >= 0.6 is 0 Å². The van der Waals surface area contributed by atoms with Crippen molar-refractivity contribution < 1.29 is 14.3 Å². The Kier molecular flexibility index (Phi) is 7.14. The van der Waals surface area contributed by atoms with E-state index in [-0.39, 0.29) is 18.4 Å². The minimum atomic E-state index is 0.0338. The SMILES string of the molecule is COCCOCC(=O)N1CCC[C@H](c2nnc(CN(C)C)n2C)C1. The van der Waals surface area contributed by atoms with Gasteiger partial charge in [-0.1, -0.05) is 0 Å². The van der Waals surface area contributed by atoms with Gasteiger partial charge in [0.2, 0.25) is 5.91 Å². The summed E-state index contributed by atoms with van der Waals surface area (Å²) in [5, 5.41) is 8.67. The van der Waals surface area contributed by atoms with Crippen molar-refractivity contribution in [2.45, 2.75) is 25.3 Å². The highest BCUT2D eigenvalue weighted by Crippen LogP contribution is 2.26. The van der Waals surface area contributed by atoms with Crippen molar-refractivity contribution in [1.82, 2.24) is 24.6 Å². The highest BCUT2D eigenvalue weighted by atomic mass is 16.5. The first-order chi connectivity index (χ1) is 11.5. The number of nitrogens with zero attached hydrogens (tertiary/aromatic N) is 5. The zero-order chi connectivity index (χ0) is 17.5. The summed E-state index contributed by atoms with van der Waals surface area (Å²) in [5.41, 5.74) is 0. The minimum absolute atomic E-state index is 0.0338. The molecule has 24 heavy (non-hydrogen) atoms. The van der Waals surface area contributed by atoms with E-state index in [1.165, 1.54) is 0 Å². The van der Waals surface area contributed by atoms with Gasteiger partial charge in [-0.2, -0.15) is 0 Å².